The first-order chi connectivity index (χ1) is 18.8. The lowest BCUT2D eigenvalue weighted by Crippen LogP contribution is -2.48. The SMILES string of the molecule is CC(C)(C)[C@@H](C(=O)/C=C1\C[C@H](O)C[C@@H](C(=O)NCCCS(=O)(=O)c2ccc(Cl)cc2)C1)N1C=C(C2CC2)N=CC1. The van der Waals surface area contributed by atoms with E-state index in [-0.39, 0.29) is 40.7 Å². The molecule has 218 valence electrons. The summed E-state index contributed by atoms with van der Waals surface area (Å²) in [7, 11) is -3.48. The van der Waals surface area contributed by atoms with E-state index in [0.717, 1.165) is 24.1 Å². The fourth-order valence-corrected chi connectivity index (χ4v) is 6.96. The molecule has 8 nitrogen and oxygen atoms in total. The Hall–Kier alpha value is -2.49. The molecule has 1 aromatic carbocycles. The molecule has 0 bridgehead atoms. The molecule has 4 rings (SSSR count). The standard InChI is InChI=1S/C30H40ClN3O5S/c1-30(2,3)28(34-13-12-32-26(19-34)21-5-6-21)27(36)17-20-15-22(18-24(35)16-20)29(37)33-11-4-14-40(38,39)25-9-7-23(31)8-10-25/h7-10,12,17,19,21-22,24,28,35H,4-6,11,13-16,18H2,1-3H3,(H,33,37)/b20-17-/t22-,24-,28+/m0/s1. The fourth-order valence-electron chi connectivity index (χ4n) is 5.53. The van der Waals surface area contributed by atoms with Crippen molar-refractivity contribution < 1.29 is 23.1 Å². The first kappa shape index (κ1) is 30.5. The molecule has 0 radical (unpaired) electrons. The molecule has 1 heterocycles. The first-order valence-corrected chi connectivity index (χ1v) is 16.0. The number of aliphatic imine (C=N–C) groups is 1. The number of carbonyl (C=O) groups excluding carboxylic acids is 2. The molecule has 0 unspecified atom stereocenters. The van der Waals surface area contributed by atoms with E-state index < -0.39 is 27.9 Å². The van der Waals surface area contributed by atoms with Crippen molar-refractivity contribution in [3.63, 3.8) is 0 Å². The molecule has 3 atom stereocenters. The molecule has 2 N–H and O–H groups in total. The summed E-state index contributed by atoms with van der Waals surface area (Å²) in [5, 5.41) is 13.8. The molecule has 2 fully saturated rings. The molecule has 0 spiro atoms. The van der Waals surface area contributed by atoms with Crippen LogP contribution in [0.4, 0.5) is 0 Å². The van der Waals surface area contributed by atoms with Crippen molar-refractivity contribution in [1.82, 2.24) is 10.2 Å². The minimum Gasteiger partial charge on any atom is -0.393 e. The van der Waals surface area contributed by atoms with E-state index >= 15 is 0 Å². The molecule has 0 aromatic heterocycles. The number of benzene rings is 1. The van der Waals surface area contributed by atoms with E-state index in [1.54, 1.807) is 6.08 Å². The third-order valence-corrected chi connectivity index (χ3v) is 9.66. The third-order valence-electron chi connectivity index (χ3n) is 7.59. The molecular weight excluding hydrogens is 550 g/mol. The number of hydrogen-bond acceptors (Lipinski definition) is 7. The lowest BCUT2D eigenvalue weighted by Gasteiger charge is -2.39. The van der Waals surface area contributed by atoms with Crippen LogP contribution in [-0.2, 0) is 19.4 Å². The van der Waals surface area contributed by atoms with Crippen LogP contribution < -0.4 is 5.32 Å². The Bertz CT molecular complexity index is 1290. The highest BCUT2D eigenvalue weighted by Gasteiger charge is 2.37. The van der Waals surface area contributed by atoms with Crippen molar-refractivity contribution in [1.29, 1.82) is 0 Å². The Balaban J connectivity index is 1.35. The van der Waals surface area contributed by atoms with E-state index in [4.69, 9.17) is 11.6 Å². The predicted molar refractivity (Wildman–Crippen MR) is 157 cm³/mol. The molecule has 3 aliphatic rings. The van der Waals surface area contributed by atoms with Gasteiger partial charge < -0.3 is 15.3 Å². The van der Waals surface area contributed by atoms with Gasteiger partial charge in [-0.15, -0.1) is 0 Å². The van der Waals surface area contributed by atoms with Gasteiger partial charge in [0.05, 0.1) is 35.0 Å². The molecule has 1 aromatic rings. The molecule has 1 aliphatic heterocycles. The van der Waals surface area contributed by atoms with Crippen LogP contribution in [0.15, 0.2) is 57.7 Å². The van der Waals surface area contributed by atoms with Crippen LogP contribution in [-0.4, -0.2) is 67.3 Å². The number of ketones is 1. The number of aliphatic hydroxyl groups is 1. The number of sulfone groups is 1. The van der Waals surface area contributed by atoms with E-state index in [1.807, 2.05) is 33.2 Å². The monoisotopic (exact) mass is 589 g/mol. The minimum atomic E-state index is -3.48. The molecule has 40 heavy (non-hydrogen) atoms. The Labute approximate surface area is 242 Å². The largest absolute Gasteiger partial charge is 0.393 e. The number of nitrogens with zero attached hydrogens (tertiary/aromatic N) is 2. The highest BCUT2D eigenvalue weighted by molar-refractivity contribution is 7.91. The summed E-state index contributed by atoms with van der Waals surface area (Å²) in [6.45, 7) is 6.90. The number of halogens is 1. The zero-order valence-electron chi connectivity index (χ0n) is 23.5. The van der Waals surface area contributed by atoms with Crippen molar-refractivity contribution in [2.24, 2.45) is 22.2 Å². The van der Waals surface area contributed by atoms with Crippen molar-refractivity contribution in [2.45, 2.75) is 76.3 Å². The predicted octanol–water partition coefficient (Wildman–Crippen LogP) is 4.33. The summed E-state index contributed by atoms with van der Waals surface area (Å²) in [5.74, 6) is -0.373. The van der Waals surface area contributed by atoms with Crippen molar-refractivity contribution in [2.75, 3.05) is 18.8 Å². The maximum atomic E-state index is 13.6. The second-order valence-corrected chi connectivity index (χ2v) is 14.8. The lowest BCUT2D eigenvalue weighted by molar-refractivity contribution is -0.126. The molecule has 2 saturated carbocycles. The topological polar surface area (TPSA) is 116 Å². The van der Waals surface area contributed by atoms with Crippen molar-refractivity contribution >= 4 is 39.3 Å². The number of rotatable bonds is 10. The average Bonchev–Trinajstić information content (AvgIpc) is 3.71. The average molecular weight is 590 g/mol. The van der Waals surface area contributed by atoms with Crippen LogP contribution in [0, 0.1) is 17.3 Å². The zero-order valence-corrected chi connectivity index (χ0v) is 25.0. The number of carbonyl (C=O) groups is 2. The Morgan fingerprint density at radius 3 is 2.55 bits per heavy atom. The minimum absolute atomic E-state index is 0.0372. The van der Waals surface area contributed by atoms with Crippen LogP contribution in [0.2, 0.25) is 5.02 Å². The molecular formula is C30H40ClN3O5S. The van der Waals surface area contributed by atoms with Crippen LogP contribution in [0.1, 0.15) is 59.3 Å². The van der Waals surface area contributed by atoms with Gasteiger partial charge in [0.25, 0.3) is 0 Å². The van der Waals surface area contributed by atoms with Gasteiger partial charge in [-0.1, -0.05) is 37.9 Å². The van der Waals surface area contributed by atoms with E-state index in [1.165, 1.54) is 24.3 Å². The van der Waals surface area contributed by atoms with Gasteiger partial charge in [0, 0.05) is 35.8 Å². The van der Waals surface area contributed by atoms with Gasteiger partial charge in [-0.05, 0) is 74.3 Å². The highest BCUT2D eigenvalue weighted by Crippen LogP contribution is 2.39. The normalized spacial score (nSPS) is 23.6. The van der Waals surface area contributed by atoms with Crippen molar-refractivity contribution in [3.8, 4) is 0 Å². The Morgan fingerprint density at radius 2 is 1.90 bits per heavy atom. The van der Waals surface area contributed by atoms with Crippen LogP contribution in [0.5, 0.6) is 0 Å². The molecule has 1 amide bonds. The summed E-state index contributed by atoms with van der Waals surface area (Å²) in [5.41, 5.74) is 1.47. The van der Waals surface area contributed by atoms with Crippen LogP contribution >= 0.6 is 11.6 Å². The zero-order chi connectivity index (χ0) is 29.1. The summed E-state index contributed by atoms with van der Waals surface area (Å²) < 4.78 is 25.1. The second-order valence-electron chi connectivity index (χ2n) is 12.2. The Kier molecular flexibility index (Phi) is 9.58. The van der Waals surface area contributed by atoms with E-state index in [9.17, 15) is 23.1 Å². The van der Waals surface area contributed by atoms with Gasteiger partial charge in [0.2, 0.25) is 5.91 Å². The van der Waals surface area contributed by atoms with Gasteiger partial charge >= 0.3 is 0 Å². The molecule has 2 aliphatic carbocycles. The first-order valence-electron chi connectivity index (χ1n) is 14.0. The number of nitrogens with one attached hydrogen (secondary N) is 1. The second kappa shape index (κ2) is 12.6. The Morgan fingerprint density at radius 1 is 1.20 bits per heavy atom. The quantitative estimate of drug-likeness (QED) is 0.310. The maximum absolute atomic E-state index is 13.6. The van der Waals surface area contributed by atoms with Gasteiger partial charge in [-0.25, -0.2) is 8.42 Å². The van der Waals surface area contributed by atoms with Gasteiger partial charge in [-0.2, -0.15) is 0 Å². The summed E-state index contributed by atoms with van der Waals surface area (Å²) in [6, 6.07) is 5.62. The lowest BCUT2D eigenvalue weighted by atomic mass is 9.79. The van der Waals surface area contributed by atoms with Gasteiger partial charge in [0.1, 0.15) is 0 Å². The third kappa shape index (κ3) is 8.04. The van der Waals surface area contributed by atoms with E-state index in [0.29, 0.717) is 36.7 Å². The number of hydrogen-bond donors (Lipinski definition) is 2. The summed E-state index contributed by atoms with van der Waals surface area (Å²) >= 11 is 5.84. The summed E-state index contributed by atoms with van der Waals surface area (Å²) in [4.78, 5) is 33.4. The smallest absolute Gasteiger partial charge is 0.223 e. The number of allylic oxidation sites excluding steroid dienone is 1. The molecule has 0 saturated heterocycles. The van der Waals surface area contributed by atoms with Gasteiger partial charge in [-0.3, -0.25) is 14.6 Å². The maximum Gasteiger partial charge on any atom is 0.223 e. The van der Waals surface area contributed by atoms with Gasteiger partial charge in [0.15, 0.2) is 15.6 Å². The number of aliphatic hydroxyl groups excluding tert-OH is 1. The summed E-state index contributed by atoms with van der Waals surface area (Å²) in [6.07, 6.45) is 8.40. The van der Waals surface area contributed by atoms with Crippen LogP contribution in [0.3, 0.4) is 0 Å². The number of amides is 1. The van der Waals surface area contributed by atoms with Crippen LogP contribution in [0.25, 0.3) is 0 Å². The fraction of sp³-hybridized carbons (Fsp3) is 0.567. The van der Waals surface area contributed by atoms with E-state index in [2.05, 4.69) is 15.2 Å². The van der Waals surface area contributed by atoms with Crippen molar-refractivity contribution in [3.05, 3.63) is 52.8 Å². The highest BCUT2D eigenvalue weighted by atomic mass is 35.5. The molecule has 10 heteroatoms.